The fourth-order valence-corrected chi connectivity index (χ4v) is 1.89. The third-order valence-corrected chi connectivity index (χ3v) is 2.96. The molecule has 0 unspecified atom stereocenters. The zero-order chi connectivity index (χ0) is 14.3. The van der Waals surface area contributed by atoms with Gasteiger partial charge in [0.25, 0.3) is 0 Å². The van der Waals surface area contributed by atoms with E-state index in [2.05, 4.69) is 14.5 Å². The number of hydrogen-bond acceptors (Lipinski definition) is 5. The molecular weight excluding hydrogens is 250 g/mol. The SMILES string of the molecule is COC(=O)CCc1c[nH]c(CO)c1CCC(=O)OC. The Balaban J connectivity index is 2.72. The first-order chi connectivity index (χ1) is 9.12. The first-order valence-electron chi connectivity index (χ1n) is 6.04. The zero-order valence-electron chi connectivity index (χ0n) is 11.2. The van der Waals surface area contributed by atoms with Crippen LogP contribution in [0.2, 0.25) is 0 Å². The highest BCUT2D eigenvalue weighted by Gasteiger charge is 2.13. The maximum Gasteiger partial charge on any atom is 0.305 e. The minimum atomic E-state index is -0.302. The molecule has 1 rings (SSSR count). The standard InChI is InChI=1S/C13H19NO5/c1-18-12(16)5-3-9-7-14-11(8-15)10(9)4-6-13(17)19-2/h7,14-15H,3-6,8H2,1-2H3. The maximum absolute atomic E-state index is 11.2. The van der Waals surface area contributed by atoms with Crippen LogP contribution >= 0.6 is 0 Å². The Morgan fingerprint density at radius 1 is 1.16 bits per heavy atom. The number of aromatic nitrogens is 1. The Morgan fingerprint density at radius 3 is 2.26 bits per heavy atom. The van der Waals surface area contributed by atoms with E-state index in [1.807, 2.05) is 0 Å². The highest BCUT2D eigenvalue weighted by Crippen LogP contribution is 2.18. The number of carbonyl (C=O) groups excluding carboxylic acids is 2. The molecular formula is C13H19NO5. The Labute approximate surface area is 111 Å². The van der Waals surface area contributed by atoms with Crippen molar-refractivity contribution in [3.05, 3.63) is 23.0 Å². The summed E-state index contributed by atoms with van der Waals surface area (Å²) in [6.07, 6.45) is 3.25. The molecule has 1 heterocycles. The molecule has 0 aliphatic carbocycles. The number of aliphatic hydroxyl groups is 1. The topological polar surface area (TPSA) is 88.6 Å². The van der Waals surface area contributed by atoms with Crippen molar-refractivity contribution in [1.82, 2.24) is 4.98 Å². The van der Waals surface area contributed by atoms with Crippen molar-refractivity contribution < 1.29 is 24.2 Å². The Kier molecular flexibility index (Phi) is 6.08. The van der Waals surface area contributed by atoms with Gasteiger partial charge in [0.2, 0.25) is 0 Å². The fraction of sp³-hybridized carbons (Fsp3) is 0.538. The lowest BCUT2D eigenvalue weighted by atomic mass is 10.0. The molecule has 0 fully saturated rings. The van der Waals surface area contributed by atoms with Crippen LogP contribution in [0.5, 0.6) is 0 Å². The van der Waals surface area contributed by atoms with Crippen molar-refractivity contribution >= 4 is 11.9 Å². The number of aliphatic hydroxyl groups excluding tert-OH is 1. The summed E-state index contributed by atoms with van der Waals surface area (Å²) in [6, 6.07) is 0. The molecule has 0 amide bonds. The van der Waals surface area contributed by atoms with E-state index in [-0.39, 0.29) is 31.4 Å². The summed E-state index contributed by atoms with van der Waals surface area (Å²) in [5.41, 5.74) is 2.46. The molecule has 19 heavy (non-hydrogen) atoms. The molecule has 6 heteroatoms. The van der Waals surface area contributed by atoms with E-state index >= 15 is 0 Å². The quantitative estimate of drug-likeness (QED) is 0.712. The first kappa shape index (κ1) is 15.2. The van der Waals surface area contributed by atoms with Crippen LogP contribution in [0.1, 0.15) is 29.7 Å². The molecule has 0 aliphatic rings. The van der Waals surface area contributed by atoms with Gasteiger partial charge in [0.15, 0.2) is 0 Å². The van der Waals surface area contributed by atoms with Gasteiger partial charge in [-0.25, -0.2) is 0 Å². The summed E-state index contributed by atoms with van der Waals surface area (Å²) in [7, 11) is 2.68. The number of carbonyl (C=O) groups is 2. The fourth-order valence-electron chi connectivity index (χ4n) is 1.89. The third kappa shape index (κ3) is 4.40. The van der Waals surface area contributed by atoms with Crippen LogP contribution in [0.25, 0.3) is 0 Å². The monoisotopic (exact) mass is 269 g/mol. The summed E-state index contributed by atoms with van der Waals surface area (Å²) in [6.45, 7) is -0.130. The van der Waals surface area contributed by atoms with Crippen molar-refractivity contribution in [2.75, 3.05) is 14.2 Å². The van der Waals surface area contributed by atoms with E-state index in [9.17, 15) is 14.7 Å². The number of esters is 2. The molecule has 6 nitrogen and oxygen atoms in total. The molecule has 106 valence electrons. The van der Waals surface area contributed by atoms with Gasteiger partial charge in [0.05, 0.1) is 20.8 Å². The molecule has 0 bridgehead atoms. The van der Waals surface area contributed by atoms with Gasteiger partial charge in [0, 0.05) is 24.7 Å². The molecule has 0 saturated heterocycles. The maximum atomic E-state index is 11.2. The van der Waals surface area contributed by atoms with E-state index in [1.54, 1.807) is 6.20 Å². The van der Waals surface area contributed by atoms with Crippen LogP contribution < -0.4 is 0 Å². The average molecular weight is 269 g/mol. The summed E-state index contributed by atoms with van der Waals surface area (Å²) in [5, 5.41) is 9.24. The average Bonchev–Trinajstić information content (AvgIpc) is 2.83. The van der Waals surface area contributed by atoms with E-state index in [0.29, 0.717) is 18.5 Å². The largest absolute Gasteiger partial charge is 0.469 e. The van der Waals surface area contributed by atoms with E-state index in [0.717, 1.165) is 11.1 Å². The molecule has 0 aromatic carbocycles. The van der Waals surface area contributed by atoms with E-state index < -0.39 is 0 Å². The Bertz CT molecular complexity index is 438. The smallest absolute Gasteiger partial charge is 0.305 e. The van der Waals surface area contributed by atoms with Gasteiger partial charge in [-0.1, -0.05) is 0 Å². The lowest BCUT2D eigenvalue weighted by Gasteiger charge is -2.05. The molecule has 0 saturated carbocycles. The van der Waals surface area contributed by atoms with Gasteiger partial charge < -0.3 is 19.6 Å². The van der Waals surface area contributed by atoms with Crippen molar-refractivity contribution in [2.45, 2.75) is 32.3 Å². The number of ether oxygens (including phenoxy) is 2. The number of rotatable bonds is 7. The van der Waals surface area contributed by atoms with Crippen molar-refractivity contribution in [1.29, 1.82) is 0 Å². The molecule has 1 aromatic heterocycles. The molecule has 0 radical (unpaired) electrons. The minimum Gasteiger partial charge on any atom is -0.469 e. The summed E-state index contributed by atoms with van der Waals surface area (Å²) < 4.78 is 9.18. The van der Waals surface area contributed by atoms with Crippen molar-refractivity contribution in [2.24, 2.45) is 0 Å². The van der Waals surface area contributed by atoms with Gasteiger partial charge in [-0.05, 0) is 24.0 Å². The van der Waals surface area contributed by atoms with Gasteiger partial charge >= 0.3 is 11.9 Å². The number of aryl methyl sites for hydroxylation is 1. The van der Waals surface area contributed by atoms with Crippen LogP contribution in [0.4, 0.5) is 0 Å². The number of aromatic amines is 1. The van der Waals surface area contributed by atoms with Crippen LogP contribution in [-0.4, -0.2) is 36.2 Å². The van der Waals surface area contributed by atoms with E-state index in [4.69, 9.17) is 0 Å². The van der Waals surface area contributed by atoms with Crippen LogP contribution in [0.3, 0.4) is 0 Å². The van der Waals surface area contributed by atoms with Gasteiger partial charge in [-0.15, -0.1) is 0 Å². The van der Waals surface area contributed by atoms with Gasteiger partial charge in [-0.3, -0.25) is 9.59 Å². The minimum absolute atomic E-state index is 0.130. The molecule has 0 aliphatic heterocycles. The predicted molar refractivity (Wildman–Crippen MR) is 67.4 cm³/mol. The molecule has 0 spiro atoms. The van der Waals surface area contributed by atoms with E-state index in [1.165, 1.54) is 14.2 Å². The highest BCUT2D eigenvalue weighted by atomic mass is 16.5. The molecule has 0 atom stereocenters. The van der Waals surface area contributed by atoms with Gasteiger partial charge in [0.1, 0.15) is 0 Å². The summed E-state index contributed by atoms with van der Waals surface area (Å²) in [4.78, 5) is 25.2. The molecule has 2 N–H and O–H groups in total. The molecule has 1 aromatic rings. The summed E-state index contributed by atoms with van der Waals surface area (Å²) in [5.74, 6) is -0.588. The number of methoxy groups -OCH3 is 2. The zero-order valence-corrected chi connectivity index (χ0v) is 11.2. The third-order valence-electron chi connectivity index (χ3n) is 2.96. The lowest BCUT2D eigenvalue weighted by Crippen LogP contribution is -2.06. The lowest BCUT2D eigenvalue weighted by molar-refractivity contribution is -0.141. The number of nitrogens with one attached hydrogen (secondary N) is 1. The van der Waals surface area contributed by atoms with Crippen LogP contribution in [-0.2, 0) is 38.5 Å². The highest BCUT2D eigenvalue weighted by molar-refractivity contribution is 5.70. The van der Waals surface area contributed by atoms with Crippen molar-refractivity contribution in [3.63, 3.8) is 0 Å². The predicted octanol–water partition coefficient (Wildman–Crippen LogP) is 0.718. The second-order valence-corrected chi connectivity index (χ2v) is 4.08. The number of hydrogen-bond donors (Lipinski definition) is 2. The van der Waals surface area contributed by atoms with Crippen LogP contribution in [0.15, 0.2) is 6.20 Å². The number of H-pyrrole nitrogens is 1. The van der Waals surface area contributed by atoms with Gasteiger partial charge in [-0.2, -0.15) is 0 Å². The van der Waals surface area contributed by atoms with Crippen LogP contribution in [0, 0.1) is 0 Å². The normalized spacial score (nSPS) is 10.3. The Morgan fingerprint density at radius 2 is 1.74 bits per heavy atom. The Hall–Kier alpha value is -1.82. The second kappa shape index (κ2) is 7.58. The second-order valence-electron chi connectivity index (χ2n) is 4.08. The summed E-state index contributed by atoms with van der Waals surface area (Å²) >= 11 is 0. The first-order valence-corrected chi connectivity index (χ1v) is 6.04. The van der Waals surface area contributed by atoms with Crippen molar-refractivity contribution in [3.8, 4) is 0 Å².